The molecule has 0 saturated carbocycles. The first-order chi connectivity index (χ1) is 12.0. The van der Waals surface area contributed by atoms with Gasteiger partial charge in [0.25, 0.3) is 0 Å². The Kier molecular flexibility index (Phi) is 4.22. The number of nitrogen functional groups attached to an aromatic ring is 1. The number of aryl methyl sites for hydroxylation is 1. The van der Waals surface area contributed by atoms with Crippen LogP contribution in [0.5, 0.6) is 11.5 Å². The van der Waals surface area contributed by atoms with Crippen LogP contribution < -0.4 is 20.9 Å². The first-order valence-electron chi connectivity index (χ1n) is 7.67. The van der Waals surface area contributed by atoms with Gasteiger partial charge in [0, 0.05) is 12.7 Å². The molecule has 0 amide bonds. The van der Waals surface area contributed by atoms with Gasteiger partial charge in [0.15, 0.2) is 11.5 Å². The van der Waals surface area contributed by atoms with Crippen LogP contribution in [0.15, 0.2) is 41.2 Å². The summed E-state index contributed by atoms with van der Waals surface area (Å²) in [6.45, 7) is 0. The van der Waals surface area contributed by atoms with Gasteiger partial charge in [-0.15, -0.1) is 0 Å². The lowest BCUT2D eigenvalue weighted by molar-refractivity contribution is 0.0914. The molecule has 0 bridgehead atoms. The number of fused-ring (bicyclic) bond motifs is 1. The van der Waals surface area contributed by atoms with Crippen molar-refractivity contribution in [3.63, 3.8) is 0 Å². The fraction of sp³-hybridized carbons (Fsp3) is 0.222. The molecule has 3 rings (SSSR count). The van der Waals surface area contributed by atoms with Crippen molar-refractivity contribution in [2.45, 2.75) is 6.42 Å². The van der Waals surface area contributed by atoms with E-state index in [1.807, 2.05) is 0 Å². The van der Waals surface area contributed by atoms with E-state index < -0.39 is 5.69 Å². The van der Waals surface area contributed by atoms with E-state index in [0.717, 1.165) is 10.1 Å². The van der Waals surface area contributed by atoms with E-state index in [2.05, 4.69) is 0 Å². The molecule has 0 saturated heterocycles. The Labute approximate surface area is 144 Å². The zero-order valence-corrected chi connectivity index (χ0v) is 14.3. The Bertz CT molecular complexity index is 1020. The summed E-state index contributed by atoms with van der Waals surface area (Å²) < 4.78 is 13.0. The lowest BCUT2D eigenvalue weighted by atomic mass is 10.1. The Morgan fingerprint density at radius 2 is 1.76 bits per heavy atom. The number of nitrogens with two attached hydrogens (primary N) is 1. The van der Waals surface area contributed by atoms with E-state index in [-0.39, 0.29) is 12.3 Å². The summed E-state index contributed by atoms with van der Waals surface area (Å²) in [7, 11) is 4.70. The van der Waals surface area contributed by atoms with Gasteiger partial charge in [0.1, 0.15) is 0 Å². The molecule has 130 valence electrons. The maximum absolute atomic E-state index is 12.8. The van der Waals surface area contributed by atoms with Gasteiger partial charge in [0.05, 0.1) is 31.7 Å². The van der Waals surface area contributed by atoms with E-state index >= 15 is 0 Å². The first kappa shape index (κ1) is 16.6. The summed E-state index contributed by atoms with van der Waals surface area (Å²) in [6.07, 6.45) is 0.0498. The Balaban J connectivity index is 2.02. The van der Waals surface area contributed by atoms with Crippen molar-refractivity contribution in [2.75, 3.05) is 20.0 Å². The maximum Gasteiger partial charge on any atom is 0.335 e. The fourth-order valence-corrected chi connectivity index (χ4v) is 2.84. The number of methoxy groups -OCH3 is 2. The zero-order valence-electron chi connectivity index (χ0n) is 14.3. The number of benzene rings is 2. The SMILES string of the molecule is COc1ccc(CC(=O)n2c(=O)n(C)c3ccc(N)cc32)cc1OC. The van der Waals surface area contributed by atoms with Gasteiger partial charge >= 0.3 is 5.69 Å². The standard InChI is InChI=1S/C18H19N3O4/c1-20-13-6-5-12(19)10-14(13)21(18(20)23)17(22)9-11-4-7-15(24-2)16(8-11)25-3/h4-8,10H,9,19H2,1-3H3. The molecule has 0 aliphatic heterocycles. The molecule has 25 heavy (non-hydrogen) atoms. The van der Waals surface area contributed by atoms with Crippen molar-refractivity contribution < 1.29 is 14.3 Å². The number of anilines is 1. The van der Waals surface area contributed by atoms with Crippen molar-refractivity contribution >= 4 is 22.6 Å². The van der Waals surface area contributed by atoms with E-state index in [9.17, 15) is 9.59 Å². The molecule has 0 radical (unpaired) electrons. The average molecular weight is 341 g/mol. The van der Waals surface area contributed by atoms with Gasteiger partial charge in [-0.2, -0.15) is 0 Å². The minimum atomic E-state index is -0.397. The third-order valence-corrected chi connectivity index (χ3v) is 4.13. The summed E-state index contributed by atoms with van der Waals surface area (Å²) in [6, 6.07) is 10.3. The van der Waals surface area contributed by atoms with Gasteiger partial charge in [-0.1, -0.05) is 6.07 Å². The number of hydrogen-bond acceptors (Lipinski definition) is 5. The number of aromatic nitrogens is 2. The molecule has 0 spiro atoms. The lowest BCUT2D eigenvalue weighted by Crippen LogP contribution is -2.28. The van der Waals surface area contributed by atoms with Gasteiger partial charge in [-0.05, 0) is 35.9 Å². The minimum Gasteiger partial charge on any atom is -0.493 e. The lowest BCUT2D eigenvalue weighted by Gasteiger charge is -2.09. The van der Waals surface area contributed by atoms with Crippen LogP contribution in [0, 0.1) is 0 Å². The molecule has 2 aromatic carbocycles. The number of carbonyl (C=O) groups excluding carboxylic acids is 1. The van der Waals surface area contributed by atoms with Crippen LogP contribution in [-0.2, 0) is 13.5 Å². The molecule has 7 heteroatoms. The van der Waals surface area contributed by atoms with E-state index in [1.54, 1.807) is 50.6 Å². The van der Waals surface area contributed by atoms with Crippen LogP contribution in [0.2, 0.25) is 0 Å². The van der Waals surface area contributed by atoms with E-state index in [4.69, 9.17) is 15.2 Å². The Hall–Kier alpha value is -3.22. The molecule has 2 N–H and O–H groups in total. The van der Waals surface area contributed by atoms with Crippen LogP contribution >= 0.6 is 0 Å². The predicted octanol–water partition coefficient (Wildman–Crippen LogP) is 1.82. The second-order valence-electron chi connectivity index (χ2n) is 5.69. The highest BCUT2D eigenvalue weighted by atomic mass is 16.5. The third-order valence-electron chi connectivity index (χ3n) is 4.13. The van der Waals surface area contributed by atoms with Gasteiger partial charge in [-0.25, -0.2) is 9.36 Å². The Morgan fingerprint density at radius 3 is 2.44 bits per heavy atom. The van der Waals surface area contributed by atoms with Crippen LogP contribution in [0.3, 0.4) is 0 Å². The van der Waals surface area contributed by atoms with Crippen LogP contribution in [0.4, 0.5) is 5.69 Å². The molecule has 7 nitrogen and oxygen atoms in total. The predicted molar refractivity (Wildman–Crippen MR) is 95.5 cm³/mol. The monoisotopic (exact) mass is 341 g/mol. The van der Waals surface area contributed by atoms with E-state index in [0.29, 0.717) is 28.2 Å². The minimum absolute atomic E-state index is 0.0498. The summed E-state index contributed by atoms with van der Waals surface area (Å²) in [5, 5.41) is 0. The van der Waals surface area contributed by atoms with Crippen LogP contribution in [-0.4, -0.2) is 29.3 Å². The summed E-state index contributed by atoms with van der Waals surface area (Å²) in [4.78, 5) is 25.2. The highest BCUT2D eigenvalue weighted by Crippen LogP contribution is 2.28. The largest absolute Gasteiger partial charge is 0.493 e. The number of nitrogens with zero attached hydrogens (tertiary/aromatic N) is 2. The molecule has 0 fully saturated rings. The highest BCUT2D eigenvalue weighted by Gasteiger charge is 2.18. The molecule has 0 aliphatic carbocycles. The molecule has 3 aromatic rings. The fourth-order valence-electron chi connectivity index (χ4n) is 2.84. The second kappa shape index (κ2) is 6.35. The van der Waals surface area contributed by atoms with Crippen molar-refractivity contribution in [3.8, 4) is 11.5 Å². The topological polar surface area (TPSA) is 88.5 Å². The van der Waals surface area contributed by atoms with Gasteiger partial charge in [0.2, 0.25) is 5.91 Å². The third kappa shape index (κ3) is 2.84. The quantitative estimate of drug-likeness (QED) is 0.731. The van der Waals surface area contributed by atoms with Crippen molar-refractivity contribution in [1.29, 1.82) is 0 Å². The number of ether oxygens (including phenoxy) is 2. The normalized spacial score (nSPS) is 10.8. The molecule has 0 atom stereocenters. The molecule has 0 unspecified atom stereocenters. The average Bonchev–Trinajstić information content (AvgIpc) is 2.85. The van der Waals surface area contributed by atoms with Gasteiger partial charge < -0.3 is 15.2 Å². The number of rotatable bonds is 4. The van der Waals surface area contributed by atoms with E-state index in [1.165, 1.54) is 11.7 Å². The van der Waals surface area contributed by atoms with Crippen LogP contribution in [0.1, 0.15) is 10.4 Å². The molecule has 1 heterocycles. The van der Waals surface area contributed by atoms with Gasteiger partial charge in [-0.3, -0.25) is 9.36 Å². The Morgan fingerprint density at radius 1 is 1.04 bits per heavy atom. The molecular weight excluding hydrogens is 322 g/mol. The highest BCUT2D eigenvalue weighted by molar-refractivity contribution is 5.92. The maximum atomic E-state index is 12.8. The molecular formula is C18H19N3O4. The summed E-state index contributed by atoms with van der Waals surface area (Å²) >= 11 is 0. The molecule has 0 aliphatic rings. The first-order valence-corrected chi connectivity index (χ1v) is 7.67. The number of hydrogen-bond donors (Lipinski definition) is 1. The van der Waals surface area contributed by atoms with Crippen molar-refractivity contribution in [1.82, 2.24) is 9.13 Å². The van der Waals surface area contributed by atoms with Crippen molar-refractivity contribution in [2.24, 2.45) is 7.05 Å². The molecule has 1 aromatic heterocycles. The van der Waals surface area contributed by atoms with Crippen LogP contribution in [0.25, 0.3) is 11.0 Å². The summed E-state index contributed by atoms with van der Waals surface area (Å²) in [5.74, 6) is 0.768. The smallest absolute Gasteiger partial charge is 0.335 e. The number of imidazole rings is 1. The summed E-state index contributed by atoms with van der Waals surface area (Å²) in [5.41, 5.74) is 7.77. The zero-order chi connectivity index (χ0) is 18.1. The second-order valence-corrected chi connectivity index (χ2v) is 5.69. The van der Waals surface area contributed by atoms with Crippen molar-refractivity contribution in [3.05, 3.63) is 52.4 Å². The number of carbonyl (C=O) groups is 1.